The lowest BCUT2D eigenvalue weighted by molar-refractivity contribution is -0.221. The first-order valence-electron chi connectivity index (χ1n) is 5.24. The minimum Gasteiger partial charge on any atom is -0.465 e. The molecule has 0 spiro atoms. The molecule has 0 radical (unpaired) electrons. The van der Waals surface area contributed by atoms with Crippen LogP contribution in [0.25, 0.3) is 0 Å². The summed E-state index contributed by atoms with van der Waals surface area (Å²) in [5.41, 5.74) is -1.88. The molecule has 1 aliphatic rings. The normalized spacial score (nSPS) is 24.8. The molecule has 92 valence electrons. The van der Waals surface area contributed by atoms with Crippen molar-refractivity contribution in [3.05, 3.63) is 35.9 Å². The number of carbonyl (C=O) groups excluding carboxylic acids is 1. The molecular formula is C12H11F3O2. The number of ether oxygens (including phenoxy) is 1. The van der Waals surface area contributed by atoms with Crippen LogP contribution in [0.4, 0.5) is 13.2 Å². The van der Waals surface area contributed by atoms with Crippen LogP contribution in [-0.2, 0) is 16.0 Å². The predicted molar refractivity (Wildman–Crippen MR) is 54.2 cm³/mol. The molecule has 0 aromatic heterocycles. The third kappa shape index (κ3) is 2.01. The van der Waals surface area contributed by atoms with Gasteiger partial charge in [0.2, 0.25) is 0 Å². The maximum Gasteiger partial charge on any atom is 0.405 e. The highest BCUT2D eigenvalue weighted by Crippen LogP contribution is 2.47. The Bertz CT molecular complexity index is 414. The maximum absolute atomic E-state index is 13.1. The minimum atomic E-state index is -4.57. The first-order chi connectivity index (χ1) is 7.96. The highest BCUT2D eigenvalue weighted by atomic mass is 19.4. The van der Waals surface area contributed by atoms with Gasteiger partial charge < -0.3 is 4.74 Å². The van der Waals surface area contributed by atoms with Gasteiger partial charge in [0.1, 0.15) is 0 Å². The van der Waals surface area contributed by atoms with Crippen LogP contribution in [0.1, 0.15) is 12.0 Å². The number of alkyl halides is 3. The molecule has 1 aliphatic heterocycles. The lowest BCUT2D eigenvalue weighted by atomic mass is 9.79. The summed E-state index contributed by atoms with van der Waals surface area (Å²) in [5.74, 6) is -1.16. The number of carbonyl (C=O) groups is 1. The molecule has 1 fully saturated rings. The molecule has 2 nitrogen and oxygen atoms in total. The Kier molecular flexibility index (Phi) is 2.85. The van der Waals surface area contributed by atoms with Gasteiger partial charge in [-0.1, -0.05) is 30.3 Å². The molecule has 2 rings (SSSR count). The number of halogens is 3. The van der Waals surface area contributed by atoms with Crippen molar-refractivity contribution < 1.29 is 22.7 Å². The third-order valence-corrected chi connectivity index (χ3v) is 3.04. The van der Waals surface area contributed by atoms with Crippen LogP contribution in [0.5, 0.6) is 0 Å². The predicted octanol–water partition coefficient (Wildman–Crippen LogP) is 2.72. The van der Waals surface area contributed by atoms with E-state index in [-0.39, 0.29) is 19.4 Å². The summed E-state index contributed by atoms with van der Waals surface area (Å²) in [5, 5.41) is 0. The largest absolute Gasteiger partial charge is 0.465 e. The molecule has 0 saturated carbocycles. The van der Waals surface area contributed by atoms with E-state index in [4.69, 9.17) is 0 Å². The van der Waals surface area contributed by atoms with Gasteiger partial charge in [0, 0.05) is 6.42 Å². The van der Waals surface area contributed by atoms with Crippen LogP contribution >= 0.6 is 0 Å². The number of hydrogen-bond donors (Lipinski definition) is 0. The Balaban J connectivity index is 2.33. The average Bonchev–Trinajstić information content (AvgIpc) is 2.62. The Labute approximate surface area is 96.4 Å². The molecule has 0 N–H and O–H groups in total. The molecule has 5 heteroatoms. The van der Waals surface area contributed by atoms with Crippen molar-refractivity contribution in [2.45, 2.75) is 19.0 Å². The molecule has 1 aromatic carbocycles. The molecule has 0 bridgehead atoms. The molecule has 1 aromatic rings. The Morgan fingerprint density at radius 3 is 2.35 bits per heavy atom. The molecule has 1 unspecified atom stereocenters. The third-order valence-electron chi connectivity index (χ3n) is 3.04. The fraction of sp³-hybridized carbons (Fsp3) is 0.417. The summed E-state index contributed by atoms with van der Waals surface area (Å²) >= 11 is 0. The van der Waals surface area contributed by atoms with Crippen molar-refractivity contribution in [1.82, 2.24) is 0 Å². The quantitative estimate of drug-likeness (QED) is 0.748. The number of hydrogen-bond acceptors (Lipinski definition) is 2. The van der Waals surface area contributed by atoms with Crippen LogP contribution in [0.2, 0.25) is 0 Å². The maximum atomic E-state index is 13.1. The van der Waals surface area contributed by atoms with Gasteiger partial charge in [-0.2, -0.15) is 13.2 Å². The van der Waals surface area contributed by atoms with Crippen LogP contribution < -0.4 is 0 Å². The zero-order chi connectivity index (χ0) is 12.5. The lowest BCUT2D eigenvalue weighted by Gasteiger charge is -2.27. The van der Waals surface area contributed by atoms with Gasteiger partial charge in [-0.15, -0.1) is 0 Å². The topological polar surface area (TPSA) is 26.3 Å². The SMILES string of the molecule is O=C1OCCC1(Cc1ccccc1)C(F)(F)F. The molecule has 1 heterocycles. The van der Waals surface area contributed by atoms with Gasteiger partial charge in [-0.05, 0) is 12.0 Å². The summed E-state index contributed by atoms with van der Waals surface area (Å²) < 4.78 is 43.7. The van der Waals surface area contributed by atoms with E-state index in [1.165, 1.54) is 0 Å². The van der Waals surface area contributed by atoms with Gasteiger partial charge in [0.25, 0.3) is 0 Å². The molecule has 1 atom stereocenters. The summed E-state index contributed by atoms with van der Waals surface area (Å²) in [6, 6.07) is 8.19. The molecule has 17 heavy (non-hydrogen) atoms. The van der Waals surface area contributed by atoms with Crippen molar-refractivity contribution in [1.29, 1.82) is 0 Å². The van der Waals surface area contributed by atoms with E-state index in [0.29, 0.717) is 5.56 Å². The van der Waals surface area contributed by atoms with Crippen LogP contribution in [0, 0.1) is 5.41 Å². The Morgan fingerprint density at radius 2 is 1.88 bits per heavy atom. The fourth-order valence-corrected chi connectivity index (χ4v) is 2.02. The number of rotatable bonds is 2. The zero-order valence-corrected chi connectivity index (χ0v) is 8.96. The summed E-state index contributed by atoms with van der Waals surface area (Å²) in [6.07, 6.45) is -5.23. The second-order valence-electron chi connectivity index (χ2n) is 4.13. The van der Waals surface area contributed by atoms with E-state index in [2.05, 4.69) is 4.74 Å². The number of cyclic esters (lactones) is 1. The van der Waals surface area contributed by atoms with Gasteiger partial charge >= 0.3 is 12.1 Å². The standard InChI is InChI=1S/C12H11F3O2/c13-12(14,15)11(6-7-17-10(11)16)8-9-4-2-1-3-5-9/h1-5H,6-8H2. The van der Waals surface area contributed by atoms with Crippen LogP contribution in [0.15, 0.2) is 30.3 Å². The first kappa shape index (κ1) is 12.0. The summed E-state index contributed by atoms with van der Waals surface area (Å²) in [6.45, 7) is -0.162. The van der Waals surface area contributed by atoms with Crippen molar-refractivity contribution in [2.24, 2.45) is 5.41 Å². The van der Waals surface area contributed by atoms with Gasteiger partial charge in [-0.3, -0.25) is 4.79 Å². The second kappa shape index (κ2) is 4.05. The van der Waals surface area contributed by atoms with E-state index in [1.54, 1.807) is 30.3 Å². The second-order valence-corrected chi connectivity index (χ2v) is 4.13. The minimum absolute atomic E-state index is 0.162. The monoisotopic (exact) mass is 244 g/mol. The number of benzene rings is 1. The average molecular weight is 244 g/mol. The Morgan fingerprint density at radius 1 is 1.24 bits per heavy atom. The van der Waals surface area contributed by atoms with E-state index in [1.807, 2.05) is 0 Å². The lowest BCUT2D eigenvalue weighted by Crippen LogP contribution is -2.43. The van der Waals surface area contributed by atoms with Crippen LogP contribution in [-0.4, -0.2) is 18.8 Å². The van der Waals surface area contributed by atoms with E-state index >= 15 is 0 Å². The molecule has 0 aliphatic carbocycles. The van der Waals surface area contributed by atoms with Crippen molar-refractivity contribution >= 4 is 5.97 Å². The summed E-state index contributed by atoms with van der Waals surface area (Å²) in [4.78, 5) is 11.4. The smallest absolute Gasteiger partial charge is 0.405 e. The highest BCUT2D eigenvalue weighted by molar-refractivity contribution is 5.80. The molecule has 1 saturated heterocycles. The van der Waals surface area contributed by atoms with Crippen LogP contribution in [0.3, 0.4) is 0 Å². The zero-order valence-electron chi connectivity index (χ0n) is 8.96. The summed E-state index contributed by atoms with van der Waals surface area (Å²) in [7, 11) is 0. The van der Waals surface area contributed by atoms with Gasteiger partial charge in [-0.25, -0.2) is 0 Å². The highest BCUT2D eigenvalue weighted by Gasteiger charge is 2.63. The van der Waals surface area contributed by atoms with Crippen molar-refractivity contribution in [3.8, 4) is 0 Å². The Hall–Kier alpha value is -1.52. The van der Waals surface area contributed by atoms with Crippen molar-refractivity contribution in [2.75, 3.05) is 6.61 Å². The van der Waals surface area contributed by atoms with Crippen molar-refractivity contribution in [3.63, 3.8) is 0 Å². The number of esters is 1. The van der Waals surface area contributed by atoms with E-state index < -0.39 is 17.6 Å². The first-order valence-corrected chi connectivity index (χ1v) is 5.24. The van der Waals surface area contributed by atoms with E-state index in [0.717, 1.165) is 0 Å². The fourth-order valence-electron chi connectivity index (χ4n) is 2.02. The van der Waals surface area contributed by atoms with Gasteiger partial charge in [0.05, 0.1) is 6.61 Å². The molecule has 0 amide bonds. The van der Waals surface area contributed by atoms with E-state index in [9.17, 15) is 18.0 Å². The van der Waals surface area contributed by atoms with Gasteiger partial charge in [0.15, 0.2) is 5.41 Å². The molecular weight excluding hydrogens is 233 g/mol.